The van der Waals surface area contributed by atoms with E-state index in [1.54, 1.807) is 4.68 Å². The van der Waals surface area contributed by atoms with Crippen molar-refractivity contribution in [1.82, 2.24) is 29.9 Å². The van der Waals surface area contributed by atoms with Crippen molar-refractivity contribution in [2.45, 2.75) is 31.7 Å². The van der Waals surface area contributed by atoms with E-state index in [4.69, 9.17) is 9.72 Å². The fourth-order valence-electron chi connectivity index (χ4n) is 4.64. The summed E-state index contributed by atoms with van der Waals surface area (Å²) in [5.41, 5.74) is 2.79. The molecule has 2 aromatic heterocycles. The average molecular weight is 408 g/mol. The van der Waals surface area contributed by atoms with Crippen LogP contribution in [0.5, 0.6) is 0 Å². The Hall–Kier alpha value is -2.58. The van der Waals surface area contributed by atoms with Crippen LogP contribution in [0.15, 0.2) is 30.6 Å². The van der Waals surface area contributed by atoms with Gasteiger partial charge in [0.05, 0.1) is 24.9 Å². The molecule has 1 aromatic carbocycles. The first-order chi connectivity index (χ1) is 14.7. The van der Waals surface area contributed by atoms with Crippen LogP contribution in [0.25, 0.3) is 22.2 Å². The van der Waals surface area contributed by atoms with E-state index in [0.29, 0.717) is 11.9 Å². The molecule has 5 rings (SSSR count). The van der Waals surface area contributed by atoms with Crippen molar-refractivity contribution < 1.29 is 4.74 Å². The summed E-state index contributed by atoms with van der Waals surface area (Å²) in [5, 5.41) is 12.7. The summed E-state index contributed by atoms with van der Waals surface area (Å²) in [6.45, 7) is 4.90. The maximum Gasteiger partial charge on any atom is 0.223 e. The van der Waals surface area contributed by atoms with E-state index < -0.39 is 0 Å². The van der Waals surface area contributed by atoms with Crippen molar-refractivity contribution in [3.05, 3.63) is 30.6 Å². The van der Waals surface area contributed by atoms with Gasteiger partial charge in [-0.05, 0) is 37.7 Å². The van der Waals surface area contributed by atoms with Crippen LogP contribution in [0, 0.1) is 5.92 Å². The van der Waals surface area contributed by atoms with Gasteiger partial charge in [0.25, 0.3) is 0 Å². The first kappa shape index (κ1) is 19.4. The maximum absolute atomic E-state index is 5.49. The zero-order valence-corrected chi connectivity index (χ0v) is 17.5. The lowest BCUT2D eigenvalue weighted by Crippen LogP contribution is -2.45. The third kappa shape index (κ3) is 4.29. The van der Waals surface area contributed by atoms with E-state index in [0.717, 1.165) is 61.1 Å². The lowest BCUT2D eigenvalue weighted by atomic mass is 9.85. The van der Waals surface area contributed by atoms with Crippen molar-refractivity contribution >= 4 is 16.9 Å². The van der Waals surface area contributed by atoms with E-state index in [1.807, 2.05) is 31.6 Å². The molecule has 0 amide bonds. The van der Waals surface area contributed by atoms with Crippen molar-refractivity contribution in [1.29, 1.82) is 0 Å². The number of nitrogens with one attached hydrogen (secondary N) is 1. The molecule has 1 saturated heterocycles. The Morgan fingerprint density at radius 3 is 2.73 bits per heavy atom. The van der Waals surface area contributed by atoms with E-state index in [1.165, 1.54) is 25.7 Å². The number of anilines is 1. The summed E-state index contributed by atoms with van der Waals surface area (Å²) in [7, 11) is 1.87. The lowest BCUT2D eigenvalue weighted by Gasteiger charge is -2.38. The smallest absolute Gasteiger partial charge is 0.223 e. The lowest BCUT2D eigenvalue weighted by molar-refractivity contribution is 0.00539. The van der Waals surface area contributed by atoms with E-state index in [9.17, 15) is 0 Å². The number of benzene rings is 1. The van der Waals surface area contributed by atoms with Gasteiger partial charge in [-0.1, -0.05) is 17.3 Å². The van der Waals surface area contributed by atoms with E-state index in [-0.39, 0.29) is 0 Å². The monoisotopic (exact) mass is 407 g/mol. The second-order valence-electron chi connectivity index (χ2n) is 8.45. The molecular formula is C22H29N7O. The van der Waals surface area contributed by atoms with Gasteiger partial charge in [-0.3, -0.25) is 9.58 Å². The highest BCUT2D eigenvalue weighted by Crippen LogP contribution is 2.28. The molecule has 8 nitrogen and oxygen atoms in total. The molecule has 1 saturated carbocycles. The number of morpholine rings is 1. The number of aryl methyl sites for hydroxylation is 1. The van der Waals surface area contributed by atoms with Crippen LogP contribution in [0.3, 0.4) is 0 Å². The normalized spacial score (nSPS) is 23.0. The molecule has 0 radical (unpaired) electrons. The van der Waals surface area contributed by atoms with Crippen LogP contribution in [0.4, 0.5) is 5.95 Å². The molecule has 3 heterocycles. The number of nitrogens with zero attached hydrogens (tertiary/aromatic N) is 6. The van der Waals surface area contributed by atoms with Gasteiger partial charge in [0.2, 0.25) is 5.95 Å². The second kappa shape index (κ2) is 8.65. The fraction of sp³-hybridized carbons (Fsp3) is 0.545. The zero-order valence-electron chi connectivity index (χ0n) is 17.5. The molecule has 1 aliphatic carbocycles. The molecule has 158 valence electrons. The molecule has 2 aliphatic rings. The zero-order chi connectivity index (χ0) is 20.3. The first-order valence-electron chi connectivity index (χ1n) is 10.9. The largest absolute Gasteiger partial charge is 0.379 e. The number of hydrogen-bond acceptors (Lipinski definition) is 7. The highest BCUT2D eigenvalue weighted by molar-refractivity contribution is 5.83. The SMILES string of the molecule is Cn1cc(-c2ccc3cnc(NCC4CCC(N5CCOCC5)CC4)nc3c2)nn1. The predicted molar refractivity (Wildman–Crippen MR) is 116 cm³/mol. The highest BCUT2D eigenvalue weighted by atomic mass is 16.5. The van der Waals surface area contributed by atoms with Crippen LogP contribution in [0.2, 0.25) is 0 Å². The Morgan fingerprint density at radius 2 is 1.97 bits per heavy atom. The van der Waals surface area contributed by atoms with Gasteiger partial charge in [-0.25, -0.2) is 9.97 Å². The maximum atomic E-state index is 5.49. The molecule has 2 fully saturated rings. The molecule has 3 aromatic rings. The third-order valence-electron chi connectivity index (χ3n) is 6.41. The van der Waals surface area contributed by atoms with Gasteiger partial charge < -0.3 is 10.1 Å². The van der Waals surface area contributed by atoms with Crippen molar-refractivity contribution in [3.63, 3.8) is 0 Å². The summed E-state index contributed by atoms with van der Waals surface area (Å²) in [6, 6.07) is 6.87. The van der Waals surface area contributed by atoms with Gasteiger partial charge in [-0.2, -0.15) is 0 Å². The fourth-order valence-corrected chi connectivity index (χ4v) is 4.64. The number of rotatable bonds is 5. The minimum absolute atomic E-state index is 0.688. The molecule has 0 atom stereocenters. The Labute approximate surface area is 176 Å². The van der Waals surface area contributed by atoms with Crippen molar-refractivity contribution in [3.8, 4) is 11.3 Å². The third-order valence-corrected chi connectivity index (χ3v) is 6.41. The standard InChI is InChI=1S/C22H29N7O/c1-28-15-21(26-27-28)17-4-5-18-14-24-22(25-20(18)12-17)23-13-16-2-6-19(7-3-16)29-8-10-30-11-9-29/h4-5,12,14-16,19H,2-3,6-11,13H2,1H3,(H,23,24,25). The Kier molecular flexibility index (Phi) is 5.59. The van der Waals surface area contributed by atoms with Crippen LogP contribution in [-0.2, 0) is 11.8 Å². The van der Waals surface area contributed by atoms with E-state index in [2.05, 4.69) is 31.6 Å². The average Bonchev–Trinajstić information content (AvgIpc) is 3.24. The summed E-state index contributed by atoms with van der Waals surface area (Å²) >= 11 is 0. The molecule has 0 unspecified atom stereocenters. The molecule has 8 heteroatoms. The van der Waals surface area contributed by atoms with Gasteiger partial charge >= 0.3 is 0 Å². The minimum Gasteiger partial charge on any atom is -0.379 e. The van der Waals surface area contributed by atoms with E-state index >= 15 is 0 Å². The Morgan fingerprint density at radius 1 is 1.13 bits per heavy atom. The quantitative estimate of drug-likeness (QED) is 0.696. The first-order valence-corrected chi connectivity index (χ1v) is 10.9. The van der Waals surface area contributed by atoms with Crippen LogP contribution in [-0.4, -0.2) is 68.8 Å². The van der Waals surface area contributed by atoms with Gasteiger partial charge in [0, 0.05) is 49.9 Å². The summed E-state index contributed by atoms with van der Waals surface area (Å²) in [6.07, 6.45) is 8.90. The van der Waals surface area contributed by atoms with Gasteiger partial charge in [0.15, 0.2) is 0 Å². The number of hydrogen-bond donors (Lipinski definition) is 1. The van der Waals surface area contributed by atoms with Crippen LogP contribution < -0.4 is 5.32 Å². The van der Waals surface area contributed by atoms with Crippen LogP contribution >= 0.6 is 0 Å². The summed E-state index contributed by atoms with van der Waals surface area (Å²) < 4.78 is 7.20. The molecule has 0 bridgehead atoms. The highest BCUT2D eigenvalue weighted by Gasteiger charge is 2.26. The second-order valence-corrected chi connectivity index (χ2v) is 8.45. The minimum atomic E-state index is 0.688. The molecule has 1 N–H and O–H groups in total. The number of fused-ring (bicyclic) bond motifs is 1. The summed E-state index contributed by atoms with van der Waals surface area (Å²) in [5.74, 6) is 1.39. The van der Waals surface area contributed by atoms with Crippen molar-refractivity contribution in [2.24, 2.45) is 13.0 Å². The van der Waals surface area contributed by atoms with Gasteiger partial charge in [0.1, 0.15) is 5.69 Å². The summed E-state index contributed by atoms with van der Waals surface area (Å²) in [4.78, 5) is 11.9. The van der Waals surface area contributed by atoms with Crippen LogP contribution in [0.1, 0.15) is 25.7 Å². The molecular weight excluding hydrogens is 378 g/mol. The molecule has 0 spiro atoms. The Bertz CT molecular complexity index is 990. The topological polar surface area (TPSA) is 81.0 Å². The molecule has 1 aliphatic heterocycles. The number of aromatic nitrogens is 5. The Balaban J connectivity index is 1.19. The predicted octanol–water partition coefficient (Wildman–Crippen LogP) is 2.73. The van der Waals surface area contributed by atoms with Crippen molar-refractivity contribution in [2.75, 3.05) is 38.2 Å². The van der Waals surface area contributed by atoms with Gasteiger partial charge in [-0.15, -0.1) is 5.10 Å². The number of ether oxygens (including phenoxy) is 1. The molecule has 30 heavy (non-hydrogen) atoms.